The Balaban J connectivity index is 1.58. The Morgan fingerprint density at radius 1 is 1.25 bits per heavy atom. The molecule has 2 aromatic rings. The molecule has 0 saturated heterocycles. The number of amides is 3. The molecular weight excluding hydrogens is 552 g/mol. The normalized spacial score (nSPS) is 21.5. The van der Waals surface area contributed by atoms with Crippen LogP contribution in [-0.4, -0.2) is 79.6 Å². The summed E-state index contributed by atoms with van der Waals surface area (Å²) < 4.78 is 34.2. The number of likely N-dealkylation sites (N-methyl/N-ethyl adjacent to an activating group) is 1. The lowest BCUT2D eigenvalue weighted by Gasteiger charge is -2.33. The lowest BCUT2D eigenvalue weighted by molar-refractivity contribution is -0.134. The molecule has 12 heteroatoms. The fourth-order valence-corrected chi connectivity index (χ4v) is 7.62. The summed E-state index contributed by atoms with van der Waals surface area (Å²) in [6.45, 7) is 3.85. The summed E-state index contributed by atoms with van der Waals surface area (Å²) in [6.07, 6.45) is 4.78. The molecule has 1 aliphatic carbocycles. The van der Waals surface area contributed by atoms with Crippen LogP contribution in [0, 0.1) is 5.92 Å². The largest absolute Gasteiger partial charge is 0.488 e. The number of fused-ring (bicyclic) bond motifs is 1. The van der Waals surface area contributed by atoms with Crippen molar-refractivity contribution in [2.24, 2.45) is 5.92 Å². The summed E-state index contributed by atoms with van der Waals surface area (Å²) in [4.78, 5) is 27.7. The van der Waals surface area contributed by atoms with Gasteiger partial charge in [-0.05, 0) is 49.4 Å². The van der Waals surface area contributed by atoms with E-state index in [0.29, 0.717) is 23.5 Å². The van der Waals surface area contributed by atoms with Crippen molar-refractivity contribution in [3.05, 3.63) is 41.3 Å². The molecular formula is C28H40N4O6S2. The molecule has 1 aromatic carbocycles. The highest BCUT2D eigenvalue weighted by Gasteiger charge is 2.33. The van der Waals surface area contributed by atoms with Crippen LogP contribution in [0.4, 0.5) is 10.5 Å². The molecule has 3 atom stereocenters. The van der Waals surface area contributed by atoms with Gasteiger partial charge in [-0.1, -0.05) is 32.3 Å². The number of nitrogens with one attached hydrogen (secondary N) is 2. The second kappa shape index (κ2) is 13.3. The third-order valence-electron chi connectivity index (χ3n) is 7.71. The van der Waals surface area contributed by atoms with Crippen molar-refractivity contribution in [3.63, 3.8) is 0 Å². The average molecular weight is 593 g/mol. The monoisotopic (exact) mass is 592 g/mol. The van der Waals surface area contributed by atoms with E-state index in [9.17, 15) is 23.1 Å². The fourth-order valence-electron chi connectivity index (χ4n) is 5.24. The van der Waals surface area contributed by atoms with E-state index in [2.05, 4.69) is 10.6 Å². The predicted octanol–water partition coefficient (Wildman–Crippen LogP) is 3.67. The molecule has 3 amide bonds. The predicted molar refractivity (Wildman–Crippen MR) is 155 cm³/mol. The van der Waals surface area contributed by atoms with Crippen LogP contribution in [0.5, 0.6) is 5.75 Å². The van der Waals surface area contributed by atoms with Gasteiger partial charge in [-0.15, -0.1) is 11.3 Å². The summed E-state index contributed by atoms with van der Waals surface area (Å²) in [6, 6.07) is 7.89. The van der Waals surface area contributed by atoms with Gasteiger partial charge in [-0.2, -0.15) is 4.31 Å². The SMILES string of the molecule is C[C@@H]1CN([C@@H](C)CO)C(=O)Cc2cc(NC(=O)NC3CCCCC3)ccc2O[C@H]1CN(C)S(=O)(=O)c1cccs1. The first kappa shape index (κ1) is 30.3. The van der Waals surface area contributed by atoms with E-state index in [1.165, 1.54) is 17.8 Å². The standard InChI is InChI=1S/C28H40N4O6S2/c1-19-16-32(20(2)18-33)26(34)15-21-14-23(30-28(35)29-22-8-5-4-6-9-22)11-12-24(21)38-25(19)17-31(3)40(36,37)27-10-7-13-39-27/h7,10-14,19-20,22,25,33H,4-6,8-9,15-18H2,1-3H3,(H2,29,30,35)/t19-,20+,25+/m1/s1. The first-order valence-electron chi connectivity index (χ1n) is 13.9. The van der Waals surface area contributed by atoms with Crippen molar-refractivity contribution < 1.29 is 27.9 Å². The van der Waals surface area contributed by atoms with Crippen LogP contribution in [0.3, 0.4) is 0 Å². The van der Waals surface area contributed by atoms with Crippen LogP contribution in [0.1, 0.15) is 51.5 Å². The Bertz CT molecular complexity index is 1260. The van der Waals surface area contributed by atoms with E-state index in [1.54, 1.807) is 47.5 Å². The number of thiophene rings is 1. The summed E-state index contributed by atoms with van der Waals surface area (Å²) in [5, 5.41) is 17.5. The van der Waals surface area contributed by atoms with Crippen LogP contribution in [0.2, 0.25) is 0 Å². The summed E-state index contributed by atoms with van der Waals surface area (Å²) in [5.41, 5.74) is 1.12. The Hall–Kier alpha value is -2.67. The van der Waals surface area contributed by atoms with Gasteiger partial charge >= 0.3 is 6.03 Å². The Morgan fingerprint density at radius 2 is 2.00 bits per heavy atom. The average Bonchev–Trinajstić information content (AvgIpc) is 3.49. The number of sulfonamides is 1. The quantitative estimate of drug-likeness (QED) is 0.429. The van der Waals surface area contributed by atoms with Gasteiger partial charge in [-0.25, -0.2) is 13.2 Å². The molecule has 1 fully saturated rings. The third kappa shape index (κ3) is 7.34. The molecule has 1 saturated carbocycles. The number of hydrogen-bond acceptors (Lipinski definition) is 7. The lowest BCUT2D eigenvalue weighted by Crippen LogP contribution is -2.48. The van der Waals surface area contributed by atoms with E-state index in [0.717, 1.165) is 37.0 Å². The summed E-state index contributed by atoms with van der Waals surface area (Å²) in [7, 11) is -2.18. The third-order valence-corrected chi connectivity index (χ3v) is 10.9. The summed E-state index contributed by atoms with van der Waals surface area (Å²) in [5.74, 6) is 0.0371. The number of carbonyl (C=O) groups excluding carboxylic acids is 2. The second-order valence-corrected chi connectivity index (χ2v) is 14.1. The number of benzene rings is 1. The number of aliphatic hydroxyl groups is 1. The van der Waals surface area contributed by atoms with Crippen LogP contribution < -0.4 is 15.4 Å². The highest BCUT2D eigenvalue weighted by Crippen LogP contribution is 2.30. The smallest absolute Gasteiger partial charge is 0.319 e. The molecule has 1 aromatic heterocycles. The number of anilines is 1. The molecule has 0 unspecified atom stereocenters. The van der Waals surface area contributed by atoms with Gasteiger partial charge in [0.25, 0.3) is 10.0 Å². The number of carbonyl (C=O) groups is 2. The van der Waals surface area contributed by atoms with E-state index >= 15 is 0 Å². The van der Waals surface area contributed by atoms with E-state index < -0.39 is 22.2 Å². The number of aliphatic hydroxyl groups excluding tert-OH is 1. The van der Waals surface area contributed by atoms with Crippen LogP contribution in [-0.2, 0) is 21.2 Å². The Labute approximate surface area is 240 Å². The van der Waals surface area contributed by atoms with Crippen molar-refractivity contribution in [2.75, 3.05) is 32.1 Å². The number of urea groups is 1. The first-order chi connectivity index (χ1) is 19.1. The zero-order valence-corrected chi connectivity index (χ0v) is 25.0. The minimum Gasteiger partial charge on any atom is -0.488 e. The molecule has 2 aliphatic rings. The number of nitrogens with zero attached hydrogens (tertiary/aromatic N) is 2. The van der Waals surface area contributed by atoms with E-state index in [-0.39, 0.29) is 47.7 Å². The van der Waals surface area contributed by atoms with Gasteiger partial charge in [-0.3, -0.25) is 4.79 Å². The van der Waals surface area contributed by atoms with Gasteiger partial charge in [0.2, 0.25) is 5.91 Å². The lowest BCUT2D eigenvalue weighted by atomic mass is 9.96. The van der Waals surface area contributed by atoms with Crippen molar-refractivity contribution in [1.82, 2.24) is 14.5 Å². The first-order valence-corrected chi connectivity index (χ1v) is 16.2. The molecule has 2 heterocycles. The zero-order valence-electron chi connectivity index (χ0n) is 23.3. The van der Waals surface area contributed by atoms with Crippen molar-refractivity contribution in [3.8, 4) is 5.75 Å². The van der Waals surface area contributed by atoms with Crippen LogP contribution >= 0.6 is 11.3 Å². The number of ether oxygens (including phenoxy) is 1. The fraction of sp³-hybridized carbons (Fsp3) is 0.571. The number of hydrogen-bond donors (Lipinski definition) is 3. The van der Waals surface area contributed by atoms with Gasteiger partial charge in [0, 0.05) is 36.8 Å². The van der Waals surface area contributed by atoms with Crippen molar-refractivity contribution >= 4 is 39.0 Å². The zero-order chi connectivity index (χ0) is 28.9. The molecule has 220 valence electrons. The molecule has 0 spiro atoms. The molecule has 10 nitrogen and oxygen atoms in total. The van der Waals surface area contributed by atoms with Crippen LogP contribution in [0.15, 0.2) is 39.9 Å². The molecule has 3 N–H and O–H groups in total. The highest BCUT2D eigenvalue weighted by atomic mass is 32.2. The molecule has 40 heavy (non-hydrogen) atoms. The molecule has 0 radical (unpaired) electrons. The maximum absolute atomic E-state index is 13.4. The topological polar surface area (TPSA) is 128 Å². The van der Waals surface area contributed by atoms with Gasteiger partial charge in [0.15, 0.2) is 0 Å². The van der Waals surface area contributed by atoms with E-state index in [4.69, 9.17) is 4.74 Å². The van der Waals surface area contributed by atoms with E-state index in [1.807, 2.05) is 6.92 Å². The van der Waals surface area contributed by atoms with Crippen molar-refractivity contribution in [2.45, 2.75) is 74.8 Å². The molecule has 4 rings (SSSR count). The molecule has 1 aliphatic heterocycles. The Kier molecular flexibility index (Phi) is 10.1. The Morgan fingerprint density at radius 3 is 2.67 bits per heavy atom. The van der Waals surface area contributed by atoms with Gasteiger partial charge in [0.05, 0.1) is 25.6 Å². The minimum atomic E-state index is -3.71. The summed E-state index contributed by atoms with van der Waals surface area (Å²) >= 11 is 1.15. The maximum atomic E-state index is 13.4. The second-order valence-electron chi connectivity index (χ2n) is 10.9. The van der Waals surface area contributed by atoms with Gasteiger partial charge in [0.1, 0.15) is 16.1 Å². The van der Waals surface area contributed by atoms with Crippen LogP contribution in [0.25, 0.3) is 0 Å². The maximum Gasteiger partial charge on any atom is 0.319 e. The molecule has 0 bridgehead atoms. The van der Waals surface area contributed by atoms with Gasteiger partial charge < -0.3 is 25.4 Å². The number of rotatable bonds is 8. The van der Waals surface area contributed by atoms with Crippen molar-refractivity contribution in [1.29, 1.82) is 0 Å². The highest BCUT2D eigenvalue weighted by molar-refractivity contribution is 7.91. The minimum absolute atomic E-state index is 0.0161.